The lowest BCUT2D eigenvalue weighted by atomic mass is 10.1. The molecule has 0 amide bonds. The third-order valence-electron chi connectivity index (χ3n) is 3.35. The molecule has 1 aliphatic rings. The van der Waals surface area contributed by atoms with Crippen LogP contribution in [-0.4, -0.2) is 31.1 Å². The van der Waals surface area contributed by atoms with Crippen molar-refractivity contribution in [3.8, 4) is 5.75 Å². The quantitative estimate of drug-likeness (QED) is 0.874. The van der Waals surface area contributed by atoms with E-state index >= 15 is 0 Å². The third kappa shape index (κ3) is 3.43. The molecule has 1 aromatic rings. The van der Waals surface area contributed by atoms with Crippen molar-refractivity contribution in [3.63, 3.8) is 0 Å². The minimum Gasteiger partial charge on any atom is -0.489 e. The Hall–Kier alpha value is -1.13. The summed E-state index contributed by atoms with van der Waals surface area (Å²) in [5, 5.41) is 0. The summed E-state index contributed by atoms with van der Waals surface area (Å²) >= 11 is 0. The second-order valence-electron chi connectivity index (χ2n) is 4.88. The average Bonchev–Trinajstić information content (AvgIpc) is 2.84. The van der Waals surface area contributed by atoms with Gasteiger partial charge in [-0.25, -0.2) is 4.39 Å². The molecule has 1 aromatic carbocycles. The first-order valence-electron chi connectivity index (χ1n) is 6.57. The maximum Gasteiger partial charge on any atom is 0.165 e. The zero-order valence-electron chi connectivity index (χ0n) is 10.9. The van der Waals surface area contributed by atoms with Gasteiger partial charge in [-0.3, -0.25) is 4.90 Å². The molecule has 4 heteroatoms. The zero-order valence-corrected chi connectivity index (χ0v) is 10.9. The van der Waals surface area contributed by atoms with Gasteiger partial charge in [0.25, 0.3) is 0 Å². The lowest BCUT2D eigenvalue weighted by molar-refractivity contribution is 0.231. The molecule has 1 aliphatic heterocycles. The Morgan fingerprint density at radius 3 is 2.72 bits per heavy atom. The molecule has 2 rings (SSSR count). The van der Waals surface area contributed by atoms with Gasteiger partial charge >= 0.3 is 0 Å². The molecule has 1 heterocycles. The molecule has 0 spiro atoms. The van der Waals surface area contributed by atoms with Crippen LogP contribution in [0.15, 0.2) is 18.2 Å². The van der Waals surface area contributed by atoms with E-state index in [4.69, 9.17) is 10.5 Å². The Morgan fingerprint density at radius 1 is 1.39 bits per heavy atom. The van der Waals surface area contributed by atoms with Gasteiger partial charge in [-0.2, -0.15) is 0 Å². The number of nitrogens with two attached hydrogens (primary N) is 1. The number of likely N-dealkylation sites (tertiary alicyclic amines) is 1. The van der Waals surface area contributed by atoms with Crippen molar-refractivity contribution >= 4 is 0 Å². The Kier molecular flexibility index (Phi) is 4.55. The molecule has 0 bridgehead atoms. The molecule has 0 aliphatic carbocycles. The molecular formula is C14H21FN2O. The standard InChI is InChI=1S/C14H21FN2O/c1-11(16)12-4-5-14(13(15)10-12)18-9-8-17-6-2-3-7-17/h4-5,10-11H,2-3,6-9,16H2,1H3. The first-order chi connectivity index (χ1) is 8.66. The van der Waals surface area contributed by atoms with Crippen LogP contribution in [0.25, 0.3) is 0 Å². The molecule has 1 unspecified atom stereocenters. The van der Waals surface area contributed by atoms with Gasteiger partial charge in [0.1, 0.15) is 6.61 Å². The second-order valence-corrected chi connectivity index (χ2v) is 4.88. The highest BCUT2D eigenvalue weighted by Gasteiger charge is 2.12. The van der Waals surface area contributed by atoms with Crippen LogP contribution in [0.5, 0.6) is 5.75 Å². The number of nitrogens with zero attached hydrogens (tertiary/aromatic N) is 1. The van der Waals surface area contributed by atoms with Crippen molar-refractivity contribution in [3.05, 3.63) is 29.6 Å². The Morgan fingerprint density at radius 2 is 2.11 bits per heavy atom. The van der Waals surface area contributed by atoms with Gasteiger partial charge in [0.2, 0.25) is 0 Å². The second kappa shape index (κ2) is 6.16. The van der Waals surface area contributed by atoms with Crippen LogP contribution >= 0.6 is 0 Å². The molecule has 3 nitrogen and oxygen atoms in total. The molecule has 100 valence electrons. The van der Waals surface area contributed by atoms with Gasteiger partial charge in [0.05, 0.1) is 0 Å². The van der Waals surface area contributed by atoms with Gasteiger partial charge < -0.3 is 10.5 Å². The van der Waals surface area contributed by atoms with E-state index in [-0.39, 0.29) is 11.9 Å². The van der Waals surface area contributed by atoms with Crippen LogP contribution in [0, 0.1) is 5.82 Å². The summed E-state index contributed by atoms with van der Waals surface area (Å²) in [5.74, 6) is -0.00943. The van der Waals surface area contributed by atoms with Gasteiger partial charge in [-0.05, 0) is 50.6 Å². The van der Waals surface area contributed by atoms with E-state index in [9.17, 15) is 4.39 Å². The number of benzene rings is 1. The normalized spacial score (nSPS) is 17.9. The minimum atomic E-state index is -0.328. The summed E-state index contributed by atoms with van der Waals surface area (Å²) < 4.78 is 19.2. The van der Waals surface area contributed by atoms with E-state index in [1.54, 1.807) is 6.07 Å². The molecule has 1 atom stereocenters. The van der Waals surface area contributed by atoms with Gasteiger partial charge in [-0.15, -0.1) is 0 Å². The van der Waals surface area contributed by atoms with Crippen molar-refractivity contribution in [1.82, 2.24) is 4.90 Å². The lowest BCUT2D eigenvalue weighted by Crippen LogP contribution is -2.25. The molecule has 0 radical (unpaired) electrons. The Labute approximate surface area is 108 Å². The van der Waals surface area contributed by atoms with Crippen LogP contribution < -0.4 is 10.5 Å². The number of ether oxygens (including phenoxy) is 1. The van der Waals surface area contributed by atoms with Crippen molar-refractivity contribution in [2.45, 2.75) is 25.8 Å². The highest BCUT2D eigenvalue weighted by atomic mass is 19.1. The number of halogens is 1. The summed E-state index contributed by atoms with van der Waals surface area (Å²) in [6.07, 6.45) is 2.52. The van der Waals surface area contributed by atoms with E-state index in [2.05, 4.69) is 4.90 Å². The van der Waals surface area contributed by atoms with E-state index < -0.39 is 0 Å². The fourth-order valence-corrected chi connectivity index (χ4v) is 2.21. The SMILES string of the molecule is CC(N)c1ccc(OCCN2CCCC2)c(F)c1. The van der Waals surface area contributed by atoms with Crippen LogP contribution in [-0.2, 0) is 0 Å². The summed E-state index contributed by atoms with van der Waals surface area (Å²) in [6.45, 7) is 5.51. The summed E-state index contributed by atoms with van der Waals surface area (Å²) in [7, 11) is 0. The highest BCUT2D eigenvalue weighted by molar-refractivity contribution is 5.30. The molecule has 2 N–H and O–H groups in total. The largest absolute Gasteiger partial charge is 0.489 e. The fraction of sp³-hybridized carbons (Fsp3) is 0.571. The monoisotopic (exact) mass is 252 g/mol. The van der Waals surface area contributed by atoms with Gasteiger partial charge in [0, 0.05) is 12.6 Å². The fourth-order valence-electron chi connectivity index (χ4n) is 2.21. The summed E-state index contributed by atoms with van der Waals surface area (Å²) in [6, 6.07) is 4.78. The van der Waals surface area contributed by atoms with Crippen LogP contribution in [0.2, 0.25) is 0 Å². The van der Waals surface area contributed by atoms with Crippen molar-refractivity contribution < 1.29 is 9.13 Å². The predicted molar refractivity (Wildman–Crippen MR) is 70.2 cm³/mol. The van der Waals surface area contributed by atoms with Gasteiger partial charge in [-0.1, -0.05) is 6.07 Å². The van der Waals surface area contributed by atoms with Crippen LogP contribution in [0.4, 0.5) is 4.39 Å². The zero-order chi connectivity index (χ0) is 13.0. The average molecular weight is 252 g/mol. The molecule has 0 saturated carbocycles. The lowest BCUT2D eigenvalue weighted by Gasteiger charge is -2.15. The van der Waals surface area contributed by atoms with Crippen molar-refractivity contribution in [2.24, 2.45) is 5.73 Å². The van der Waals surface area contributed by atoms with Gasteiger partial charge in [0.15, 0.2) is 11.6 Å². The maximum atomic E-state index is 13.7. The Bertz CT molecular complexity index is 389. The Balaban J connectivity index is 1.85. The summed E-state index contributed by atoms with van der Waals surface area (Å²) in [4.78, 5) is 2.34. The van der Waals surface area contributed by atoms with Crippen molar-refractivity contribution in [1.29, 1.82) is 0 Å². The molecular weight excluding hydrogens is 231 g/mol. The van der Waals surface area contributed by atoms with Crippen molar-refractivity contribution in [2.75, 3.05) is 26.2 Å². The van der Waals surface area contributed by atoms with E-state index in [1.165, 1.54) is 18.9 Å². The minimum absolute atomic E-state index is 0.154. The predicted octanol–water partition coefficient (Wildman–Crippen LogP) is 2.32. The molecule has 1 fully saturated rings. The molecule has 18 heavy (non-hydrogen) atoms. The first kappa shape index (κ1) is 13.3. The number of hydrogen-bond donors (Lipinski definition) is 1. The van der Waals surface area contributed by atoms with E-state index in [0.29, 0.717) is 12.4 Å². The van der Waals surface area contributed by atoms with E-state index in [1.807, 2.05) is 13.0 Å². The highest BCUT2D eigenvalue weighted by Crippen LogP contribution is 2.21. The molecule has 0 aromatic heterocycles. The van der Waals surface area contributed by atoms with Crippen LogP contribution in [0.3, 0.4) is 0 Å². The maximum absolute atomic E-state index is 13.7. The van der Waals surface area contributed by atoms with Crippen LogP contribution in [0.1, 0.15) is 31.4 Å². The number of rotatable bonds is 5. The topological polar surface area (TPSA) is 38.5 Å². The smallest absolute Gasteiger partial charge is 0.165 e. The summed E-state index contributed by atoms with van der Waals surface area (Å²) in [5.41, 5.74) is 6.49. The number of hydrogen-bond acceptors (Lipinski definition) is 3. The molecule has 1 saturated heterocycles. The third-order valence-corrected chi connectivity index (χ3v) is 3.35. The first-order valence-corrected chi connectivity index (χ1v) is 6.57. The van der Waals surface area contributed by atoms with E-state index in [0.717, 1.165) is 25.2 Å².